The maximum atomic E-state index is 12.0. The van der Waals surface area contributed by atoms with Crippen LogP contribution in [-0.4, -0.2) is 43.4 Å². The summed E-state index contributed by atoms with van der Waals surface area (Å²) in [6.07, 6.45) is 7.88. The Balaban J connectivity index is 2.39. The second-order valence-corrected chi connectivity index (χ2v) is 5.43. The van der Waals surface area contributed by atoms with Crippen molar-refractivity contribution in [3.05, 3.63) is 0 Å². The van der Waals surface area contributed by atoms with Crippen LogP contribution in [0.2, 0.25) is 0 Å². The number of hydrogen-bond donors (Lipinski definition) is 2. The summed E-state index contributed by atoms with van der Waals surface area (Å²) in [5.74, 6) is 0.298. The van der Waals surface area contributed by atoms with Crippen molar-refractivity contribution < 1.29 is 9.59 Å². The predicted octanol–water partition coefficient (Wildman–Crippen LogP) is 0.880. The maximum absolute atomic E-state index is 12.0. The molecule has 1 fully saturated rings. The fourth-order valence-corrected chi connectivity index (χ4v) is 2.68. The molecule has 0 saturated heterocycles. The maximum Gasteiger partial charge on any atom is 0.237 e. The van der Waals surface area contributed by atoms with Crippen molar-refractivity contribution >= 4 is 11.8 Å². The smallest absolute Gasteiger partial charge is 0.237 e. The number of amides is 2. The summed E-state index contributed by atoms with van der Waals surface area (Å²) in [6, 6.07) is 0. The number of carbonyl (C=O) groups is 2. The van der Waals surface area contributed by atoms with E-state index in [0.29, 0.717) is 25.4 Å². The highest BCUT2D eigenvalue weighted by Gasteiger charge is 2.19. The van der Waals surface area contributed by atoms with Gasteiger partial charge in [-0.2, -0.15) is 0 Å². The average molecular weight is 269 g/mol. The Bertz CT molecular complexity index is 288. The molecular formula is C14H27N3O2. The van der Waals surface area contributed by atoms with E-state index < -0.39 is 5.91 Å². The van der Waals surface area contributed by atoms with Gasteiger partial charge in [0.05, 0.1) is 6.54 Å². The normalized spacial score (nSPS) is 16.3. The van der Waals surface area contributed by atoms with Gasteiger partial charge in [0, 0.05) is 19.5 Å². The van der Waals surface area contributed by atoms with Gasteiger partial charge in [0.25, 0.3) is 0 Å². The van der Waals surface area contributed by atoms with E-state index in [4.69, 9.17) is 5.73 Å². The lowest BCUT2D eigenvalue weighted by molar-refractivity contribution is -0.135. The number of carbonyl (C=O) groups excluding carboxylic acids is 2. The molecule has 1 rings (SSSR count). The fourth-order valence-electron chi connectivity index (χ4n) is 2.68. The Kier molecular flexibility index (Phi) is 7.48. The second kappa shape index (κ2) is 8.91. The lowest BCUT2D eigenvalue weighted by Gasteiger charge is -2.26. The molecule has 0 bridgehead atoms. The first-order valence-electron chi connectivity index (χ1n) is 7.34. The largest absolute Gasteiger partial charge is 0.368 e. The molecule has 1 aliphatic carbocycles. The highest BCUT2D eigenvalue weighted by molar-refractivity contribution is 5.83. The molecular weight excluding hydrogens is 242 g/mol. The molecule has 0 radical (unpaired) electrons. The lowest BCUT2D eigenvalue weighted by atomic mass is 9.87. The molecule has 2 amide bonds. The van der Waals surface area contributed by atoms with Crippen molar-refractivity contribution in [1.29, 1.82) is 0 Å². The van der Waals surface area contributed by atoms with Gasteiger partial charge in [-0.1, -0.05) is 32.1 Å². The summed E-state index contributed by atoms with van der Waals surface area (Å²) in [5.41, 5.74) is 5.22. The Morgan fingerprint density at radius 1 is 1.26 bits per heavy atom. The summed E-state index contributed by atoms with van der Waals surface area (Å²) in [5, 5.41) is 2.95. The van der Waals surface area contributed by atoms with Crippen molar-refractivity contribution in [3.63, 3.8) is 0 Å². The van der Waals surface area contributed by atoms with E-state index >= 15 is 0 Å². The zero-order valence-corrected chi connectivity index (χ0v) is 12.0. The molecule has 5 nitrogen and oxygen atoms in total. The van der Waals surface area contributed by atoms with E-state index in [9.17, 15) is 9.59 Å². The van der Waals surface area contributed by atoms with Crippen molar-refractivity contribution in [2.45, 2.75) is 44.9 Å². The third-order valence-electron chi connectivity index (χ3n) is 3.82. The van der Waals surface area contributed by atoms with Gasteiger partial charge in [-0.15, -0.1) is 0 Å². The Labute approximate surface area is 115 Å². The van der Waals surface area contributed by atoms with Crippen LogP contribution in [-0.2, 0) is 9.59 Å². The van der Waals surface area contributed by atoms with Crippen LogP contribution in [0.4, 0.5) is 0 Å². The number of hydrogen-bond acceptors (Lipinski definition) is 3. The second-order valence-electron chi connectivity index (χ2n) is 5.43. The summed E-state index contributed by atoms with van der Waals surface area (Å²) in [6.45, 7) is 1.35. The highest BCUT2D eigenvalue weighted by atomic mass is 16.2. The van der Waals surface area contributed by atoms with Crippen LogP contribution in [0.25, 0.3) is 0 Å². The highest BCUT2D eigenvalue weighted by Crippen LogP contribution is 2.26. The van der Waals surface area contributed by atoms with E-state index in [1.807, 2.05) is 7.05 Å². The standard InChI is InChI=1S/C14H27N3O2/c1-16-9-7-14(19)17(11-13(15)18)10-8-12-5-3-2-4-6-12/h12,16H,2-11H2,1H3,(H2,15,18). The van der Waals surface area contributed by atoms with Crippen LogP contribution in [0, 0.1) is 5.92 Å². The van der Waals surface area contributed by atoms with Crippen molar-refractivity contribution in [2.75, 3.05) is 26.7 Å². The summed E-state index contributed by atoms with van der Waals surface area (Å²) in [4.78, 5) is 24.7. The quantitative estimate of drug-likeness (QED) is 0.687. The number of nitrogens with two attached hydrogens (primary N) is 1. The molecule has 19 heavy (non-hydrogen) atoms. The van der Waals surface area contributed by atoms with E-state index in [1.54, 1.807) is 4.90 Å². The van der Waals surface area contributed by atoms with Crippen molar-refractivity contribution in [3.8, 4) is 0 Å². The van der Waals surface area contributed by atoms with Gasteiger partial charge >= 0.3 is 0 Å². The molecule has 0 unspecified atom stereocenters. The minimum absolute atomic E-state index is 0.0176. The van der Waals surface area contributed by atoms with Crippen LogP contribution < -0.4 is 11.1 Å². The molecule has 110 valence electrons. The first-order valence-corrected chi connectivity index (χ1v) is 7.34. The van der Waals surface area contributed by atoms with Gasteiger partial charge in [-0.3, -0.25) is 9.59 Å². The average Bonchev–Trinajstić information content (AvgIpc) is 2.41. The molecule has 5 heteroatoms. The number of nitrogens with one attached hydrogen (secondary N) is 1. The molecule has 1 saturated carbocycles. The minimum atomic E-state index is -0.429. The topological polar surface area (TPSA) is 75.4 Å². The molecule has 3 N–H and O–H groups in total. The molecule has 0 aromatic carbocycles. The Morgan fingerprint density at radius 2 is 1.95 bits per heavy atom. The third kappa shape index (κ3) is 6.57. The van der Waals surface area contributed by atoms with Crippen LogP contribution >= 0.6 is 0 Å². The molecule has 1 aliphatic rings. The Hall–Kier alpha value is -1.10. The van der Waals surface area contributed by atoms with E-state index in [-0.39, 0.29) is 12.5 Å². The molecule has 0 spiro atoms. The lowest BCUT2D eigenvalue weighted by Crippen LogP contribution is -2.40. The summed E-state index contributed by atoms with van der Waals surface area (Å²) >= 11 is 0. The first-order chi connectivity index (χ1) is 9.13. The van der Waals surface area contributed by atoms with Crippen LogP contribution in [0.15, 0.2) is 0 Å². The SMILES string of the molecule is CNCCC(=O)N(CCC1CCCCC1)CC(N)=O. The number of primary amides is 1. The molecule has 0 aromatic heterocycles. The van der Waals surface area contributed by atoms with E-state index in [0.717, 1.165) is 6.42 Å². The first kappa shape index (κ1) is 16.0. The van der Waals surface area contributed by atoms with Gasteiger partial charge in [0.15, 0.2) is 0 Å². The summed E-state index contributed by atoms with van der Waals surface area (Å²) < 4.78 is 0. The zero-order valence-electron chi connectivity index (χ0n) is 12.0. The number of rotatable bonds is 8. The fraction of sp³-hybridized carbons (Fsp3) is 0.857. The number of nitrogens with zero attached hydrogens (tertiary/aromatic N) is 1. The predicted molar refractivity (Wildman–Crippen MR) is 75.5 cm³/mol. The third-order valence-corrected chi connectivity index (χ3v) is 3.82. The monoisotopic (exact) mass is 269 g/mol. The van der Waals surface area contributed by atoms with Crippen LogP contribution in [0.3, 0.4) is 0 Å². The van der Waals surface area contributed by atoms with Gasteiger partial charge < -0.3 is 16.0 Å². The van der Waals surface area contributed by atoms with E-state index in [2.05, 4.69) is 5.32 Å². The van der Waals surface area contributed by atoms with Gasteiger partial charge in [0.2, 0.25) is 11.8 Å². The zero-order chi connectivity index (χ0) is 14.1. The molecule has 0 atom stereocenters. The van der Waals surface area contributed by atoms with Gasteiger partial charge in [0.1, 0.15) is 0 Å². The van der Waals surface area contributed by atoms with E-state index in [1.165, 1.54) is 32.1 Å². The van der Waals surface area contributed by atoms with Crippen molar-refractivity contribution in [1.82, 2.24) is 10.2 Å². The summed E-state index contributed by atoms with van der Waals surface area (Å²) in [7, 11) is 1.81. The van der Waals surface area contributed by atoms with Crippen LogP contribution in [0.5, 0.6) is 0 Å². The van der Waals surface area contributed by atoms with Gasteiger partial charge in [-0.05, 0) is 19.4 Å². The molecule has 0 aromatic rings. The Morgan fingerprint density at radius 3 is 2.53 bits per heavy atom. The molecule has 0 aliphatic heterocycles. The van der Waals surface area contributed by atoms with Gasteiger partial charge in [-0.25, -0.2) is 0 Å². The van der Waals surface area contributed by atoms with Crippen molar-refractivity contribution in [2.24, 2.45) is 11.7 Å². The minimum Gasteiger partial charge on any atom is -0.368 e. The van der Waals surface area contributed by atoms with Crippen LogP contribution in [0.1, 0.15) is 44.9 Å². The molecule has 0 heterocycles.